The summed E-state index contributed by atoms with van der Waals surface area (Å²) in [5, 5.41) is 3.03. The molecule has 0 radical (unpaired) electrons. The van der Waals surface area contributed by atoms with E-state index in [1.54, 1.807) is 0 Å². The molecule has 1 heterocycles. The zero-order valence-electron chi connectivity index (χ0n) is 13.1. The average Bonchev–Trinajstić information content (AvgIpc) is 2.73. The Morgan fingerprint density at radius 1 is 1.38 bits per heavy atom. The summed E-state index contributed by atoms with van der Waals surface area (Å²) >= 11 is 0. The maximum atomic E-state index is 12.8. The largest absolute Gasteiger partial charge is 0.325 e. The van der Waals surface area contributed by atoms with Crippen LogP contribution in [0.1, 0.15) is 51.5 Å². The third kappa shape index (κ3) is 2.51. The lowest BCUT2D eigenvalue weighted by Gasteiger charge is -2.42. The van der Waals surface area contributed by atoms with E-state index in [9.17, 15) is 4.79 Å². The lowest BCUT2D eigenvalue weighted by Crippen LogP contribution is -2.59. The highest BCUT2D eigenvalue weighted by Crippen LogP contribution is 2.48. The summed E-state index contributed by atoms with van der Waals surface area (Å²) in [5.41, 5.74) is 7.27. The van der Waals surface area contributed by atoms with Crippen LogP contribution in [0.5, 0.6) is 0 Å². The maximum absolute atomic E-state index is 12.8. The molecule has 2 rings (SSSR count). The van der Waals surface area contributed by atoms with Crippen molar-refractivity contribution in [1.29, 1.82) is 0 Å². The lowest BCUT2D eigenvalue weighted by molar-refractivity contribution is -0.123. The summed E-state index contributed by atoms with van der Waals surface area (Å²) < 4.78 is 0. The van der Waals surface area contributed by atoms with Gasteiger partial charge in [0.25, 0.3) is 0 Å². The van der Waals surface area contributed by atoms with Crippen LogP contribution >= 0.6 is 0 Å². The quantitative estimate of drug-likeness (QED) is 0.592. The number of nitrogens with two attached hydrogens (primary N) is 1. The van der Waals surface area contributed by atoms with Gasteiger partial charge in [-0.05, 0) is 31.4 Å². The van der Waals surface area contributed by atoms with Gasteiger partial charge in [-0.25, -0.2) is 0 Å². The number of carbonyl (C=O) groups excluding carboxylic acids is 1. The van der Waals surface area contributed by atoms with Crippen LogP contribution in [0.4, 0.5) is 5.69 Å². The van der Waals surface area contributed by atoms with Gasteiger partial charge in [0, 0.05) is 11.2 Å². The van der Waals surface area contributed by atoms with Gasteiger partial charge in [0.15, 0.2) is 0 Å². The first-order valence-electron chi connectivity index (χ1n) is 7.80. The van der Waals surface area contributed by atoms with Crippen molar-refractivity contribution in [2.24, 2.45) is 5.73 Å². The zero-order valence-corrected chi connectivity index (χ0v) is 13.1. The Hall–Kier alpha value is -1.61. The van der Waals surface area contributed by atoms with Crippen LogP contribution in [-0.2, 0) is 10.2 Å². The van der Waals surface area contributed by atoms with E-state index in [1.165, 1.54) is 0 Å². The normalized spacial score (nSPS) is 23.3. The molecule has 1 aliphatic rings. The molecule has 21 heavy (non-hydrogen) atoms. The number of benzene rings is 1. The van der Waals surface area contributed by atoms with Crippen molar-refractivity contribution in [2.75, 3.05) is 5.32 Å². The Morgan fingerprint density at radius 3 is 2.76 bits per heavy atom. The maximum Gasteiger partial charge on any atom is 0.236 e. The third-order valence-corrected chi connectivity index (χ3v) is 4.72. The van der Waals surface area contributed by atoms with E-state index in [-0.39, 0.29) is 5.91 Å². The molecule has 1 aromatic rings. The van der Waals surface area contributed by atoms with Crippen LogP contribution in [0.2, 0.25) is 0 Å². The fraction of sp³-hybridized carbons (Fsp3) is 0.500. The van der Waals surface area contributed by atoms with Crippen molar-refractivity contribution in [1.82, 2.24) is 0 Å². The molecule has 1 aliphatic heterocycles. The van der Waals surface area contributed by atoms with Crippen molar-refractivity contribution < 1.29 is 4.79 Å². The van der Waals surface area contributed by atoms with E-state index in [4.69, 9.17) is 5.73 Å². The standard InChI is InChI=1S/C18H26N2O/c1-4-6-9-13-18(17(3,19)12-5-2)14-10-7-8-11-15(14)20-16(18)21/h5,7-8,10-11H,2,4,6,9,12-13,19H2,1,3H3,(H,20,21). The first-order valence-corrected chi connectivity index (χ1v) is 7.80. The highest BCUT2D eigenvalue weighted by molar-refractivity contribution is 6.07. The van der Waals surface area contributed by atoms with Crippen LogP contribution in [-0.4, -0.2) is 11.4 Å². The predicted octanol–water partition coefficient (Wildman–Crippen LogP) is 3.75. The van der Waals surface area contributed by atoms with E-state index in [0.717, 1.165) is 36.9 Å². The first kappa shape index (κ1) is 15.8. The zero-order chi connectivity index (χ0) is 15.5. The highest BCUT2D eigenvalue weighted by Gasteiger charge is 2.55. The molecule has 0 aliphatic carbocycles. The highest BCUT2D eigenvalue weighted by atomic mass is 16.2. The van der Waals surface area contributed by atoms with Gasteiger partial charge in [0.1, 0.15) is 0 Å². The molecule has 0 saturated carbocycles. The fourth-order valence-electron chi connectivity index (χ4n) is 3.53. The molecule has 0 fully saturated rings. The average molecular weight is 286 g/mol. The van der Waals surface area contributed by atoms with Gasteiger partial charge >= 0.3 is 0 Å². The Kier molecular flexibility index (Phi) is 4.52. The predicted molar refractivity (Wildman–Crippen MR) is 88.3 cm³/mol. The summed E-state index contributed by atoms with van der Waals surface area (Å²) in [6.45, 7) is 7.96. The number of amides is 1. The van der Waals surface area contributed by atoms with Crippen LogP contribution in [0.25, 0.3) is 0 Å². The van der Waals surface area contributed by atoms with E-state index < -0.39 is 11.0 Å². The molecule has 0 spiro atoms. The number of nitrogens with one attached hydrogen (secondary N) is 1. The number of unbranched alkanes of at least 4 members (excludes halogenated alkanes) is 2. The number of carbonyl (C=O) groups is 1. The van der Waals surface area contributed by atoms with Gasteiger partial charge in [-0.3, -0.25) is 4.79 Å². The molecule has 3 nitrogen and oxygen atoms in total. The molecular weight excluding hydrogens is 260 g/mol. The van der Waals surface area contributed by atoms with Gasteiger partial charge in [0.05, 0.1) is 5.41 Å². The molecule has 114 valence electrons. The van der Waals surface area contributed by atoms with Crippen LogP contribution in [0.15, 0.2) is 36.9 Å². The number of rotatable bonds is 7. The molecule has 1 aromatic carbocycles. The monoisotopic (exact) mass is 286 g/mol. The number of anilines is 1. The number of fused-ring (bicyclic) bond motifs is 1. The second-order valence-corrected chi connectivity index (χ2v) is 6.27. The SMILES string of the molecule is C=CCC(C)(N)C1(CCCCC)C(=O)Nc2ccccc21. The van der Waals surface area contributed by atoms with Gasteiger partial charge in [-0.2, -0.15) is 0 Å². The van der Waals surface area contributed by atoms with E-state index in [2.05, 4.69) is 18.8 Å². The van der Waals surface area contributed by atoms with E-state index in [1.807, 2.05) is 37.3 Å². The van der Waals surface area contributed by atoms with Gasteiger partial charge in [-0.1, -0.05) is 50.5 Å². The molecule has 2 unspecified atom stereocenters. The molecule has 0 saturated heterocycles. The van der Waals surface area contributed by atoms with Crippen molar-refractivity contribution in [3.63, 3.8) is 0 Å². The van der Waals surface area contributed by atoms with E-state index >= 15 is 0 Å². The molecule has 0 bridgehead atoms. The van der Waals surface area contributed by atoms with Crippen LogP contribution in [0.3, 0.4) is 0 Å². The molecule has 3 heteroatoms. The molecular formula is C18H26N2O. The summed E-state index contributed by atoms with van der Waals surface area (Å²) in [4.78, 5) is 12.8. The minimum absolute atomic E-state index is 0.0339. The Morgan fingerprint density at radius 2 is 2.10 bits per heavy atom. The minimum Gasteiger partial charge on any atom is -0.325 e. The van der Waals surface area contributed by atoms with Crippen LogP contribution < -0.4 is 11.1 Å². The molecule has 2 atom stereocenters. The van der Waals surface area contributed by atoms with Gasteiger partial charge < -0.3 is 11.1 Å². The second-order valence-electron chi connectivity index (χ2n) is 6.27. The Balaban J connectivity index is 2.50. The van der Waals surface area contributed by atoms with Crippen molar-refractivity contribution in [2.45, 2.75) is 56.9 Å². The lowest BCUT2D eigenvalue weighted by atomic mass is 9.63. The van der Waals surface area contributed by atoms with Crippen LogP contribution in [0, 0.1) is 0 Å². The molecule has 3 N–H and O–H groups in total. The van der Waals surface area contributed by atoms with Crippen molar-refractivity contribution in [3.05, 3.63) is 42.5 Å². The number of hydrogen-bond donors (Lipinski definition) is 2. The Labute approximate surface area is 127 Å². The van der Waals surface area contributed by atoms with Crippen molar-refractivity contribution >= 4 is 11.6 Å². The number of para-hydroxylation sites is 1. The smallest absolute Gasteiger partial charge is 0.236 e. The van der Waals surface area contributed by atoms with Gasteiger partial charge in [0.2, 0.25) is 5.91 Å². The minimum atomic E-state index is -0.660. The summed E-state index contributed by atoms with van der Waals surface area (Å²) in [5.74, 6) is 0.0339. The van der Waals surface area contributed by atoms with Gasteiger partial charge in [-0.15, -0.1) is 6.58 Å². The third-order valence-electron chi connectivity index (χ3n) is 4.72. The summed E-state index contributed by atoms with van der Waals surface area (Å²) in [6.07, 6.45) is 6.45. The molecule has 0 aromatic heterocycles. The first-order chi connectivity index (χ1) is 9.99. The van der Waals surface area contributed by atoms with E-state index in [0.29, 0.717) is 6.42 Å². The molecule has 1 amide bonds. The summed E-state index contributed by atoms with van der Waals surface area (Å²) in [7, 11) is 0. The van der Waals surface area contributed by atoms with Crippen molar-refractivity contribution in [3.8, 4) is 0 Å². The topological polar surface area (TPSA) is 55.1 Å². The fourth-order valence-corrected chi connectivity index (χ4v) is 3.53. The summed E-state index contributed by atoms with van der Waals surface area (Å²) in [6, 6.07) is 7.92. The Bertz CT molecular complexity index is 536. The second kappa shape index (κ2) is 6.02. The number of hydrogen-bond acceptors (Lipinski definition) is 2.